The first kappa shape index (κ1) is 12.7. The number of hydrogen-bond acceptors (Lipinski definition) is 2. The highest BCUT2D eigenvalue weighted by Crippen LogP contribution is 2.13. The van der Waals surface area contributed by atoms with Gasteiger partial charge in [-0.25, -0.2) is 0 Å². The van der Waals surface area contributed by atoms with E-state index in [0.717, 1.165) is 12.3 Å². The molecule has 2 heteroatoms. The molecule has 1 rings (SSSR count). The second-order valence-corrected chi connectivity index (χ2v) is 5.56. The average Bonchev–Trinajstić information content (AvgIpc) is 2.68. The predicted molar refractivity (Wildman–Crippen MR) is 69.5 cm³/mol. The monoisotopic (exact) mass is 225 g/mol. The maximum Gasteiger partial charge on any atom is 0.00896 e. The van der Waals surface area contributed by atoms with Crippen molar-refractivity contribution in [3.8, 4) is 0 Å². The Labute approximate surface area is 97.9 Å². The Hall–Kier alpha value is -0.340. The van der Waals surface area contributed by atoms with Crippen molar-refractivity contribution in [1.82, 2.24) is 5.32 Å². The SMILES string of the molecule is CCC(C)C(C)NC(C)Cc1cccs1. The summed E-state index contributed by atoms with van der Waals surface area (Å²) in [6.07, 6.45) is 2.40. The van der Waals surface area contributed by atoms with Gasteiger partial charge < -0.3 is 5.32 Å². The van der Waals surface area contributed by atoms with Gasteiger partial charge in [-0.15, -0.1) is 11.3 Å². The predicted octanol–water partition coefficient (Wildman–Crippen LogP) is 3.70. The zero-order chi connectivity index (χ0) is 11.3. The molecule has 3 unspecified atom stereocenters. The molecule has 86 valence electrons. The molecule has 1 aromatic heterocycles. The Morgan fingerprint density at radius 1 is 1.33 bits per heavy atom. The van der Waals surface area contributed by atoms with Crippen molar-refractivity contribution in [1.29, 1.82) is 0 Å². The first-order chi connectivity index (χ1) is 7.13. The van der Waals surface area contributed by atoms with Crippen LogP contribution in [0.5, 0.6) is 0 Å². The molecule has 0 saturated heterocycles. The lowest BCUT2D eigenvalue weighted by Crippen LogP contribution is -2.39. The van der Waals surface area contributed by atoms with E-state index in [1.54, 1.807) is 0 Å². The molecular weight excluding hydrogens is 202 g/mol. The maximum absolute atomic E-state index is 3.68. The minimum Gasteiger partial charge on any atom is -0.311 e. The summed E-state index contributed by atoms with van der Waals surface area (Å²) in [5.41, 5.74) is 0. The Morgan fingerprint density at radius 3 is 2.60 bits per heavy atom. The summed E-state index contributed by atoms with van der Waals surface area (Å²) in [6, 6.07) is 5.54. The second-order valence-electron chi connectivity index (χ2n) is 4.53. The summed E-state index contributed by atoms with van der Waals surface area (Å²) >= 11 is 1.85. The molecule has 0 saturated carbocycles. The summed E-state index contributed by atoms with van der Waals surface area (Å²) in [6.45, 7) is 9.14. The first-order valence-electron chi connectivity index (χ1n) is 5.92. The topological polar surface area (TPSA) is 12.0 Å². The van der Waals surface area contributed by atoms with E-state index in [9.17, 15) is 0 Å². The molecule has 1 aromatic rings. The van der Waals surface area contributed by atoms with Crippen LogP contribution in [-0.2, 0) is 6.42 Å². The number of nitrogens with one attached hydrogen (secondary N) is 1. The van der Waals surface area contributed by atoms with Crippen LogP contribution < -0.4 is 5.32 Å². The quantitative estimate of drug-likeness (QED) is 0.778. The number of hydrogen-bond donors (Lipinski definition) is 1. The van der Waals surface area contributed by atoms with Crippen molar-refractivity contribution in [2.75, 3.05) is 0 Å². The molecule has 0 aromatic carbocycles. The van der Waals surface area contributed by atoms with Crippen LogP contribution in [0.2, 0.25) is 0 Å². The Morgan fingerprint density at radius 2 is 2.07 bits per heavy atom. The van der Waals surface area contributed by atoms with E-state index in [4.69, 9.17) is 0 Å². The van der Waals surface area contributed by atoms with Crippen LogP contribution in [0.25, 0.3) is 0 Å². The van der Waals surface area contributed by atoms with Gasteiger partial charge in [-0.3, -0.25) is 0 Å². The van der Waals surface area contributed by atoms with E-state index in [-0.39, 0.29) is 0 Å². The summed E-state index contributed by atoms with van der Waals surface area (Å²) in [5.74, 6) is 0.760. The molecule has 0 aliphatic carbocycles. The summed E-state index contributed by atoms with van der Waals surface area (Å²) < 4.78 is 0. The fourth-order valence-electron chi connectivity index (χ4n) is 1.76. The lowest BCUT2D eigenvalue weighted by atomic mass is 10.00. The van der Waals surface area contributed by atoms with Gasteiger partial charge in [0.25, 0.3) is 0 Å². The van der Waals surface area contributed by atoms with Gasteiger partial charge in [-0.05, 0) is 37.6 Å². The summed E-state index contributed by atoms with van der Waals surface area (Å²) in [5, 5.41) is 5.83. The summed E-state index contributed by atoms with van der Waals surface area (Å²) in [7, 11) is 0. The molecular formula is C13H23NS. The third-order valence-electron chi connectivity index (χ3n) is 3.13. The van der Waals surface area contributed by atoms with Crippen molar-refractivity contribution in [3.05, 3.63) is 22.4 Å². The molecule has 0 spiro atoms. The van der Waals surface area contributed by atoms with Crippen molar-refractivity contribution in [2.45, 2.75) is 52.6 Å². The molecule has 0 bridgehead atoms. The van der Waals surface area contributed by atoms with E-state index < -0.39 is 0 Å². The zero-order valence-corrected chi connectivity index (χ0v) is 11.1. The smallest absolute Gasteiger partial charge is 0.00896 e. The number of thiophene rings is 1. The van der Waals surface area contributed by atoms with Crippen LogP contribution in [0.15, 0.2) is 17.5 Å². The van der Waals surface area contributed by atoms with Crippen molar-refractivity contribution < 1.29 is 0 Å². The van der Waals surface area contributed by atoms with E-state index in [1.165, 1.54) is 11.3 Å². The van der Waals surface area contributed by atoms with Crippen LogP contribution in [0.4, 0.5) is 0 Å². The van der Waals surface area contributed by atoms with Crippen LogP contribution >= 0.6 is 11.3 Å². The van der Waals surface area contributed by atoms with Crippen LogP contribution in [-0.4, -0.2) is 12.1 Å². The molecule has 0 amide bonds. The van der Waals surface area contributed by atoms with Crippen molar-refractivity contribution in [2.24, 2.45) is 5.92 Å². The molecule has 0 aliphatic heterocycles. The second kappa shape index (κ2) is 6.29. The van der Waals surface area contributed by atoms with E-state index in [0.29, 0.717) is 12.1 Å². The lowest BCUT2D eigenvalue weighted by molar-refractivity contribution is 0.356. The molecule has 15 heavy (non-hydrogen) atoms. The fourth-order valence-corrected chi connectivity index (χ4v) is 2.59. The van der Waals surface area contributed by atoms with Gasteiger partial charge in [0, 0.05) is 17.0 Å². The first-order valence-corrected chi connectivity index (χ1v) is 6.79. The van der Waals surface area contributed by atoms with Gasteiger partial charge >= 0.3 is 0 Å². The summed E-state index contributed by atoms with van der Waals surface area (Å²) in [4.78, 5) is 1.48. The Bertz CT molecular complexity index is 256. The molecule has 1 heterocycles. The minimum atomic E-state index is 0.577. The van der Waals surface area contributed by atoms with Crippen LogP contribution in [0, 0.1) is 5.92 Å². The highest BCUT2D eigenvalue weighted by Gasteiger charge is 2.13. The number of rotatable bonds is 6. The molecule has 0 radical (unpaired) electrons. The van der Waals surface area contributed by atoms with Crippen molar-refractivity contribution in [3.63, 3.8) is 0 Å². The minimum absolute atomic E-state index is 0.577. The zero-order valence-electron chi connectivity index (χ0n) is 10.3. The average molecular weight is 225 g/mol. The normalized spacial score (nSPS) is 17.3. The molecule has 1 N–H and O–H groups in total. The fraction of sp³-hybridized carbons (Fsp3) is 0.692. The van der Waals surface area contributed by atoms with Gasteiger partial charge in [0.1, 0.15) is 0 Å². The molecule has 1 nitrogen and oxygen atoms in total. The third kappa shape index (κ3) is 4.35. The molecule has 0 fully saturated rings. The Kier molecular flexibility index (Phi) is 5.34. The van der Waals surface area contributed by atoms with E-state index >= 15 is 0 Å². The Balaban J connectivity index is 2.32. The van der Waals surface area contributed by atoms with Gasteiger partial charge in [0.05, 0.1) is 0 Å². The highest BCUT2D eigenvalue weighted by atomic mass is 32.1. The van der Waals surface area contributed by atoms with E-state index in [1.807, 2.05) is 11.3 Å². The highest BCUT2D eigenvalue weighted by molar-refractivity contribution is 7.09. The maximum atomic E-state index is 3.68. The van der Waals surface area contributed by atoms with Crippen molar-refractivity contribution >= 4 is 11.3 Å². The standard InChI is InChI=1S/C13H23NS/c1-5-10(2)12(4)14-11(3)9-13-7-6-8-15-13/h6-8,10-12,14H,5,9H2,1-4H3. The van der Waals surface area contributed by atoms with Gasteiger partial charge in [-0.1, -0.05) is 26.3 Å². The third-order valence-corrected chi connectivity index (χ3v) is 4.03. The van der Waals surface area contributed by atoms with Crippen LogP contribution in [0.1, 0.15) is 39.0 Å². The lowest BCUT2D eigenvalue weighted by Gasteiger charge is -2.24. The molecule has 0 aliphatic rings. The van der Waals surface area contributed by atoms with Gasteiger partial charge in [0.2, 0.25) is 0 Å². The van der Waals surface area contributed by atoms with Gasteiger partial charge in [-0.2, -0.15) is 0 Å². The van der Waals surface area contributed by atoms with Crippen LogP contribution in [0.3, 0.4) is 0 Å². The van der Waals surface area contributed by atoms with E-state index in [2.05, 4.69) is 50.5 Å². The molecule has 3 atom stereocenters. The van der Waals surface area contributed by atoms with Gasteiger partial charge in [0.15, 0.2) is 0 Å². The largest absolute Gasteiger partial charge is 0.311 e.